The number of nitrogens with one attached hydrogen (secondary N) is 1. The lowest BCUT2D eigenvalue weighted by Crippen LogP contribution is -2.73. The van der Waals surface area contributed by atoms with Crippen LogP contribution >= 0.6 is 11.8 Å². The van der Waals surface area contributed by atoms with Crippen molar-refractivity contribution in [2.45, 2.75) is 45.6 Å². The maximum Gasteiger partial charge on any atom is 0.376 e. The van der Waals surface area contributed by atoms with Gasteiger partial charge in [-0.2, -0.15) is 0 Å². The highest BCUT2D eigenvalue weighted by Crippen LogP contribution is 2.32. The number of rotatable bonds is 9. The van der Waals surface area contributed by atoms with Crippen LogP contribution in [0, 0.1) is 13.8 Å². The molecule has 0 atom stereocenters. The molecule has 1 N–H and O–H groups in total. The van der Waals surface area contributed by atoms with Crippen molar-refractivity contribution in [3.05, 3.63) is 113 Å². The van der Waals surface area contributed by atoms with E-state index in [1.54, 1.807) is 11.8 Å². The van der Waals surface area contributed by atoms with E-state index in [1.165, 1.54) is 17.4 Å². The molecule has 0 saturated carbocycles. The standard InChI is InChI=1S/C34H32N2O3S/c1-5-36-32-16-12-25(31(35-39-24(4)37)18-19-40-27-14-10-22(2)11-15-27)20-29(32)30-21-26(13-17-33(30)36)34(38)28-9-7-6-8-23(28)3/h6-17,20-21H,5,18-19H2,1-4H3/p+1/b35-31+. The molecule has 0 fully saturated rings. The van der Waals surface area contributed by atoms with Gasteiger partial charge in [-0.05, 0) is 80.0 Å². The maximum atomic E-state index is 13.4. The molecule has 0 spiro atoms. The smallest absolute Gasteiger partial charge is 0.341 e. The minimum Gasteiger partial charge on any atom is -0.341 e. The van der Waals surface area contributed by atoms with Crippen molar-refractivity contribution in [2.75, 3.05) is 5.75 Å². The van der Waals surface area contributed by atoms with E-state index >= 15 is 0 Å². The minimum absolute atomic E-state index is 0.0189. The van der Waals surface area contributed by atoms with Crippen molar-refractivity contribution < 1.29 is 19.6 Å². The second-order valence-corrected chi connectivity index (χ2v) is 11.1. The number of hydrogen-bond acceptors (Lipinski definition) is 4. The molecule has 4 aromatic carbocycles. The van der Waals surface area contributed by atoms with Gasteiger partial charge in [0.2, 0.25) is 5.71 Å². The number of benzene rings is 4. The van der Waals surface area contributed by atoms with E-state index < -0.39 is 5.97 Å². The highest BCUT2D eigenvalue weighted by molar-refractivity contribution is 7.99. The first-order chi connectivity index (χ1) is 19.4. The molecule has 202 valence electrons. The zero-order valence-corrected chi connectivity index (χ0v) is 24.1. The van der Waals surface area contributed by atoms with Crippen LogP contribution < -0.4 is 5.16 Å². The van der Waals surface area contributed by atoms with Crippen molar-refractivity contribution in [3.8, 4) is 0 Å². The monoisotopic (exact) mass is 549 g/mol. The Labute approximate surface area is 238 Å². The van der Waals surface area contributed by atoms with Crippen LogP contribution in [0.2, 0.25) is 0 Å². The van der Waals surface area contributed by atoms with Crippen molar-refractivity contribution in [1.82, 2.24) is 4.57 Å². The molecule has 0 saturated heterocycles. The second kappa shape index (κ2) is 11.9. The summed E-state index contributed by atoms with van der Waals surface area (Å²) in [5.74, 6) is 0.438. The molecule has 1 heterocycles. The summed E-state index contributed by atoms with van der Waals surface area (Å²) < 4.78 is 2.27. The lowest BCUT2D eigenvalue weighted by molar-refractivity contribution is -0.723. The van der Waals surface area contributed by atoms with Gasteiger partial charge in [0.15, 0.2) is 5.78 Å². The van der Waals surface area contributed by atoms with Crippen molar-refractivity contribution in [1.29, 1.82) is 0 Å². The van der Waals surface area contributed by atoms with Crippen LogP contribution in [0.15, 0.2) is 89.8 Å². The Hall–Kier alpha value is -4.16. The summed E-state index contributed by atoms with van der Waals surface area (Å²) in [6, 6.07) is 28.5. The SMILES string of the molecule is CCn1c2ccc(C(=O)c3ccccc3C)cc2c2cc(/C(CCSc3ccc(C)cc3)=[NH+]/OC(C)=O)ccc21. The molecule has 0 aliphatic rings. The largest absolute Gasteiger partial charge is 0.376 e. The Morgan fingerprint density at radius 2 is 1.50 bits per heavy atom. The topological polar surface area (TPSA) is 62.3 Å². The second-order valence-electron chi connectivity index (χ2n) is 9.94. The number of aryl methyl sites for hydroxylation is 3. The van der Waals surface area contributed by atoms with Crippen LogP contribution in [-0.4, -0.2) is 27.8 Å². The highest BCUT2D eigenvalue weighted by atomic mass is 32.2. The van der Waals surface area contributed by atoms with Gasteiger partial charge in [-0.15, -0.1) is 11.8 Å². The zero-order chi connectivity index (χ0) is 28.2. The van der Waals surface area contributed by atoms with Crippen LogP contribution in [0.5, 0.6) is 0 Å². The van der Waals surface area contributed by atoms with Gasteiger partial charge in [0, 0.05) is 69.0 Å². The van der Waals surface area contributed by atoms with E-state index in [2.05, 4.69) is 66.0 Å². The quantitative estimate of drug-likeness (QED) is 0.0783. The summed E-state index contributed by atoms with van der Waals surface area (Å²) in [5, 5.41) is 5.00. The summed E-state index contributed by atoms with van der Waals surface area (Å²) in [6.45, 7) is 8.36. The third kappa shape index (κ3) is 5.73. The molecule has 0 amide bonds. The van der Waals surface area contributed by atoms with Gasteiger partial charge in [0.1, 0.15) is 0 Å². The molecule has 1 aromatic heterocycles. The molecule has 5 rings (SSSR count). The molecule has 0 unspecified atom stereocenters. The van der Waals surface area contributed by atoms with Gasteiger partial charge in [0.25, 0.3) is 0 Å². The fourth-order valence-electron chi connectivity index (χ4n) is 5.05. The number of ketones is 1. The van der Waals surface area contributed by atoms with Gasteiger partial charge in [-0.1, -0.05) is 42.0 Å². The number of nitrogens with zero attached hydrogens (tertiary/aromatic N) is 1. The van der Waals surface area contributed by atoms with Gasteiger partial charge < -0.3 is 4.57 Å². The lowest BCUT2D eigenvalue weighted by atomic mass is 9.97. The van der Waals surface area contributed by atoms with E-state index in [1.807, 2.05) is 49.4 Å². The molecule has 5 nitrogen and oxygen atoms in total. The number of hydrogen-bond donors (Lipinski definition) is 1. The number of fused-ring (bicyclic) bond motifs is 3. The molecule has 0 radical (unpaired) electrons. The Morgan fingerprint density at radius 1 is 0.850 bits per heavy atom. The third-order valence-corrected chi connectivity index (χ3v) is 8.15. The first-order valence-electron chi connectivity index (χ1n) is 13.5. The van der Waals surface area contributed by atoms with E-state index in [9.17, 15) is 9.59 Å². The van der Waals surface area contributed by atoms with Crippen LogP contribution in [0.1, 0.15) is 52.9 Å². The van der Waals surface area contributed by atoms with Crippen molar-refractivity contribution >= 4 is 51.0 Å². The van der Waals surface area contributed by atoms with Crippen LogP contribution in [0.4, 0.5) is 0 Å². The zero-order valence-electron chi connectivity index (χ0n) is 23.3. The molecule has 0 aliphatic carbocycles. The van der Waals surface area contributed by atoms with E-state index in [-0.39, 0.29) is 5.78 Å². The number of carbonyl (C=O) groups is 2. The highest BCUT2D eigenvalue weighted by Gasteiger charge is 2.19. The fraction of sp³-hybridized carbons (Fsp3) is 0.206. The van der Waals surface area contributed by atoms with Crippen LogP contribution in [0.25, 0.3) is 21.8 Å². The van der Waals surface area contributed by atoms with Gasteiger partial charge in [-0.3, -0.25) is 4.79 Å². The van der Waals surface area contributed by atoms with Gasteiger partial charge in [-0.25, -0.2) is 9.63 Å². The van der Waals surface area contributed by atoms with Crippen molar-refractivity contribution in [3.63, 3.8) is 0 Å². The van der Waals surface area contributed by atoms with E-state index in [4.69, 9.17) is 4.84 Å². The van der Waals surface area contributed by atoms with E-state index in [0.717, 1.165) is 50.9 Å². The Kier molecular flexibility index (Phi) is 8.17. The third-order valence-electron chi connectivity index (χ3n) is 7.14. The molecular weight excluding hydrogens is 516 g/mol. The maximum absolute atomic E-state index is 13.4. The van der Waals surface area contributed by atoms with Crippen LogP contribution in [0.3, 0.4) is 0 Å². The summed E-state index contributed by atoms with van der Waals surface area (Å²) in [4.78, 5) is 31.5. The van der Waals surface area contributed by atoms with Crippen LogP contribution in [-0.2, 0) is 16.2 Å². The Balaban J connectivity index is 1.53. The van der Waals surface area contributed by atoms with Crippen molar-refractivity contribution in [2.24, 2.45) is 0 Å². The summed E-state index contributed by atoms with van der Waals surface area (Å²) in [6.07, 6.45) is 0.681. The Bertz CT molecular complexity index is 1750. The number of thioether (sulfide) groups is 1. The number of aromatic nitrogens is 1. The molecule has 5 aromatic rings. The Morgan fingerprint density at radius 3 is 2.15 bits per heavy atom. The summed E-state index contributed by atoms with van der Waals surface area (Å²) in [5.41, 5.74) is 7.54. The normalized spacial score (nSPS) is 11.8. The van der Waals surface area contributed by atoms with Gasteiger partial charge in [0.05, 0.1) is 0 Å². The molecular formula is C34H33N2O3S+. The first-order valence-corrected chi connectivity index (χ1v) is 14.5. The molecule has 0 aliphatic heterocycles. The minimum atomic E-state index is -0.397. The predicted molar refractivity (Wildman–Crippen MR) is 163 cm³/mol. The fourth-order valence-corrected chi connectivity index (χ4v) is 5.92. The summed E-state index contributed by atoms with van der Waals surface area (Å²) >= 11 is 1.76. The number of carbonyl (C=O) groups excluding carboxylic acids is 2. The van der Waals surface area contributed by atoms with Gasteiger partial charge >= 0.3 is 5.97 Å². The predicted octanol–water partition coefficient (Wildman–Crippen LogP) is 6.19. The molecule has 40 heavy (non-hydrogen) atoms. The average Bonchev–Trinajstić information content (AvgIpc) is 3.27. The molecule has 6 heteroatoms. The average molecular weight is 550 g/mol. The first kappa shape index (κ1) is 27.4. The molecule has 0 bridgehead atoms. The summed E-state index contributed by atoms with van der Waals surface area (Å²) in [7, 11) is 0. The lowest BCUT2D eigenvalue weighted by Gasteiger charge is -2.06. The van der Waals surface area contributed by atoms with E-state index in [0.29, 0.717) is 17.5 Å².